The molecule has 3 rings (SSSR count). The maximum Gasteiger partial charge on any atom is 0.122 e. The van der Waals surface area contributed by atoms with Crippen LogP contribution in [-0.4, -0.2) is 31.1 Å². The molecule has 0 radical (unpaired) electrons. The SMILES string of the molecule is CCC1CCCC1N1CCC(c2cc(C)ccc2OC)CC1. The zero-order valence-electron chi connectivity index (χ0n) is 14.5. The highest BCUT2D eigenvalue weighted by Crippen LogP contribution is 2.38. The minimum Gasteiger partial charge on any atom is -0.496 e. The summed E-state index contributed by atoms with van der Waals surface area (Å²) in [5.74, 6) is 2.70. The van der Waals surface area contributed by atoms with Crippen LogP contribution in [0.2, 0.25) is 0 Å². The van der Waals surface area contributed by atoms with Gasteiger partial charge in [0.1, 0.15) is 5.75 Å². The molecule has 0 spiro atoms. The highest BCUT2D eigenvalue weighted by atomic mass is 16.5. The summed E-state index contributed by atoms with van der Waals surface area (Å²) in [4.78, 5) is 2.79. The average molecular weight is 301 g/mol. The van der Waals surface area contributed by atoms with Crippen LogP contribution in [0.25, 0.3) is 0 Å². The molecule has 2 atom stereocenters. The Balaban J connectivity index is 1.66. The lowest BCUT2D eigenvalue weighted by Gasteiger charge is -2.39. The Morgan fingerprint density at radius 3 is 2.59 bits per heavy atom. The van der Waals surface area contributed by atoms with Crippen molar-refractivity contribution >= 4 is 0 Å². The molecule has 1 saturated heterocycles. The van der Waals surface area contributed by atoms with Gasteiger partial charge in [0.05, 0.1) is 7.11 Å². The van der Waals surface area contributed by atoms with E-state index in [0.717, 1.165) is 17.7 Å². The summed E-state index contributed by atoms with van der Waals surface area (Å²) in [6, 6.07) is 7.50. The van der Waals surface area contributed by atoms with Gasteiger partial charge in [0.2, 0.25) is 0 Å². The van der Waals surface area contributed by atoms with Crippen LogP contribution in [0, 0.1) is 12.8 Å². The zero-order chi connectivity index (χ0) is 15.5. The molecule has 122 valence electrons. The van der Waals surface area contributed by atoms with Gasteiger partial charge < -0.3 is 9.64 Å². The van der Waals surface area contributed by atoms with Crippen molar-refractivity contribution in [2.24, 2.45) is 5.92 Å². The maximum absolute atomic E-state index is 5.60. The molecule has 2 fully saturated rings. The molecule has 1 aromatic rings. The number of methoxy groups -OCH3 is 1. The molecule has 0 bridgehead atoms. The number of rotatable bonds is 4. The molecule has 0 amide bonds. The molecule has 0 aromatic heterocycles. The van der Waals surface area contributed by atoms with Gasteiger partial charge in [0.15, 0.2) is 0 Å². The Hall–Kier alpha value is -1.02. The fourth-order valence-electron chi connectivity index (χ4n) is 4.69. The number of nitrogens with zero attached hydrogens (tertiary/aromatic N) is 1. The van der Waals surface area contributed by atoms with Crippen LogP contribution in [-0.2, 0) is 0 Å². The molecule has 1 aliphatic carbocycles. The minimum absolute atomic E-state index is 0.674. The van der Waals surface area contributed by atoms with Crippen LogP contribution in [0.5, 0.6) is 5.75 Å². The van der Waals surface area contributed by atoms with Crippen LogP contribution in [0.3, 0.4) is 0 Å². The number of hydrogen-bond donors (Lipinski definition) is 0. The van der Waals surface area contributed by atoms with Crippen LogP contribution in [0.15, 0.2) is 18.2 Å². The van der Waals surface area contributed by atoms with E-state index in [1.807, 2.05) is 0 Å². The van der Waals surface area contributed by atoms with Gasteiger partial charge in [-0.2, -0.15) is 0 Å². The molecule has 2 aliphatic rings. The van der Waals surface area contributed by atoms with Gasteiger partial charge in [-0.25, -0.2) is 0 Å². The fraction of sp³-hybridized carbons (Fsp3) is 0.700. The molecular formula is C20H31NO. The molecule has 2 nitrogen and oxygen atoms in total. The smallest absolute Gasteiger partial charge is 0.122 e. The lowest BCUT2D eigenvalue weighted by Crippen LogP contribution is -2.42. The van der Waals surface area contributed by atoms with E-state index in [0.29, 0.717) is 5.92 Å². The predicted molar refractivity (Wildman–Crippen MR) is 92.7 cm³/mol. The summed E-state index contributed by atoms with van der Waals surface area (Å²) in [5.41, 5.74) is 2.78. The van der Waals surface area contributed by atoms with Crippen molar-refractivity contribution in [1.82, 2.24) is 4.90 Å². The monoisotopic (exact) mass is 301 g/mol. The van der Waals surface area contributed by atoms with Crippen molar-refractivity contribution in [2.45, 2.75) is 64.3 Å². The number of piperidine rings is 1. The summed E-state index contributed by atoms with van der Waals surface area (Å²) in [6.45, 7) is 7.08. The molecule has 0 N–H and O–H groups in total. The predicted octanol–water partition coefficient (Wildman–Crippen LogP) is 4.76. The number of hydrogen-bond acceptors (Lipinski definition) is 2. The van der Waals surface area contributed by atoms with E-state index < -0.39 is 0 Å². The highest BCUT2D eigenvalue weighted by molar-refractivity contribution is 5.39. The van der Waals surface area contributed by atoms with Gasteiger partial charge in [0, 0.05) is 6.04 Å². The van der Waals surface area contributed by atoms with Crippen molar-refractivity contribution in [2.75, 3.05) is 20.2 Å². The van der Waals surface area contributed by atoms with E-state index in [1.54, 1.807) is 7.11 Å². The van der Waals surface area contributed by atoms with Crippen molar-refractivity contribution in [3.05, 3.63) is 29.3 Å². The van der Waals surface area contributed by atoms with Crippen molar-refractivity contribution < 1.29 is 4.74 Å². The van der Waals surface area contributed by atoms with Crippen molar-refractivity contribution in [1.29, 1.82) is 0 Å². The summed E-state index contributed by atoms with van der Waals surface area (Å²) < 4.78 is 5.60. The lowest BCUT2D eigenvalue weighted by atomic mass is 9.86. The normalized spacial score (nSPS) is 27.2. The molecule has 22 heavy (non-hydrogen) atoms. The first kappa shape index (κ1) is 15.9. The molecule has 1 aromatic carbocycles. The fourth-order valence-corrected chi connectivity index (χ4v) is 4.69. The quantitative estimate of drug-likeness (QED) is 0.795. The van der Waals surface area contributed by atoms with Gasteiger partial charge in [-0.1, -0.05) is 37.5 Å². The lowest BCUT2D eigenvalue weighted by molar-refractivity contribution is 0.121. The largest absolute Gasteiger partial charge is 0.496 e. The molecule has 2 unspecified atom stereocenters. The third-order valence-electron chi connectivity index (χ3n) is 5.97. The highest BCUT2D eigenvalue weighted by Gasteiger charge is 2.33. The Kier molecular flexibility index (Phi) is 5.07. The summed E-state index contributed by atoms with van der Waals surface area (Å²) >= 11 is 0. The molecule has 2 heteroatoms. The summed E-state index contributed by atoms with van der Waals surface area (Å²) in [5, 5.41) is 0. The van der Waals surface area contributed by atoms with Gasteiger partial charge in [-0.3, -0.25) is 0 Å². The second-order valence-corrected chi connectivity index (χ2v) is 7.22. The van der Waals surface area contributed by atoms with Gasteiger partial charge in [0.25, 0.3) is 0 Å². The maximum atomic E-state index is 5.60. The van der Waals surface area contributed by atoms with E-state index in [4.69, 9.17) is 4.74 Å². The first-order valence-corrected chi connectivity index (χ1v) is 9.11. The number of benzene rings is 1. The van der Waals surface area contributed by atoms with Crippen LogP contribution < -0.4 is 4.74 Å². The van der Waals surface area contributed by atoms with E-state index >= 15 is 0 Å². The molecular weight excluding hydrogens is 270 g/mol. The summed E-state index contributed by atoms with van der Waals surface area (Å²) in [7, 11) is 1.80. The van der Waals surface area contributed by atoms with Crippen molar-refractivity contribution in [3.8, 4) is 5.75 Å². The third kappa shape index (κ3) is 3.17. The Morgan fingerprint density at radius 1 is 1.14 bits per heavy atom. The van der Waals surface area contributed by atoms with Crippen LogP contribution in [0.1, 0.15) is 62.5 Å². The number of likely N-dealkylation sites (tertiary alicyclic amines) is 1. The number of ether oxygens (including phenoxy) is 1. The van der Waals surface area contributed by atoms with Gasteiger partial charge in [-0.05, 0) is 69.2 Å². The van der Waals surface area contributed by atoms with Crippen LogP contribution in [0.4, 0.5) is 0 Å². The second-order valence-electron chi connectivity index (χ2n) is 7.22. The zero-order valence-corrected chi connectivity index (χ0v) is 14.5. The topological polar surface area (TPSA) is 12.5 Å². The van der Waals surface area contributed by atoms with Crippen LogP contribution >= 0.6 is 0 Å². The summed E-state index contributed by atoms with van der Waals surface area (Å²) in [6.07, 6.45) is 8.24. The standard InChI is InChI=1S/C20H31NO/c1-4-16-6-5-7-19(16)21-12-10-17(11-13-21)18-14-15(2)8-9-20(18)22-3/h8-9,14,16-17,19H,4-7,10-13H2,1-3H3. The second kappa shape index (κ2) is 7.04. The van der Waals surface area contributed by atoms with Crippen molar-refractivity contribution in [3.63, 3.8) is 0 Å². The van der Waals surface area contributed by atoms with E-state index in [9.17, 15) is 0 Å². The molecule has 1 saturated carbocycles. The number of aryl methyl sites for hydroxylation is 1. The average Bonchev–Trinajstić information content (AvgIpc) is 3.03. The minimum atomic E-state index is 0.674. The Bertz CT molecular complexity index is 490. The Labute approximate surface area is 135 Å². The van der Waals surface area contributed by atoms with E-state index in [2.05, 4.69) is 36.9 Å². The first-order chi connectivity index (χ1) is 10.7. The molecule has 1 aliphatic heterocycles. The van der Waals surface area contributed by atoms with E-state index in [1.165, 1.54) is 62.7 Å². The Morgan fingerprint density at radius 2 is 1.91 bits per heavy atom. The molecule has 1 heterocycles. The first-order valence-electron chi connectivity index (χ1n) is 9.11. The van der Waals surface area contributed by atoms with Gasteiger partial charge >= 0.3 is 0 Å². The van der Waals surface area contributed by atoms with Gasteiger partial charge in [-0.15, -0.1) is 0 Å². The van der Waals surface area contributed by atoms with E-state index in [-0.39, 0.29) is 0 Å². The third-order valence-corrected chi connectivity index (χ3v) is 5.97.